The Bertz CT molecular complexity index is 547. The summed E-state index contributed by atoms with van der Waals surface area (Å²) in [6, 6.07) is 3.49. The van der Waals surface area contributed by atoms with E-state index in [0.717, 1.165) is 16.3 Å². The molecule has 0 bridgehead atoms. The number of hydrogen-bond acceptors (Lipinski definition) is 5. The average Bonchev–Trinajstić information content (AvgIpc) is 2.81. The van der Waals surface area contributed by atoms with Crippen molar-refractivity contribution in [2.45, 2.75) is 20.1 Å². The van der Waals surface area contributed by atoms with Crippen LogP contribution in [0.4, 0.5) is 0 Å². The number of halogens is 1. The molecule has 0 radical (unpaired) electrons. The van der Waals surface area contributed by atoms with Crippen molar-refractivity contribution in [1.82, 2.24) is 4.98 Å². The average molecular weight is 299 g/mol. The highest BCUT2D eigenvalue weighted by atomic mass is 35.5. The lowest BCUT2D eigenvalue weighted by Gasteiger charge is -2.14. The van der Waals surface area contributed by atoms with Gasteiger partial charge in [0.1, 0.15) is 6.61 Å². The van der Waals surface area contributed by atoms with Gasteiger partial charge < -0.3 is 15.2 Å². The molecule has 2 N–H and O–H groups in total. The zero-order chi connectivity index (χ0) is 13.8. The van der Waals surface area contributed by atoms with E-state index in [1.54, 1.807) is 30.6 Å². The summed E-state index contributed by atoms with van der Waals surface area (Å²) in [5.74, 6) is 1.21. The normalized spacial score (nSPS) is 10.5. The first kappa shape index (κ1) is 14.1. The second-order valence-electron chi connectivity index (χ2n) is 3.95. The van der Waals surface area contributed by atoms with Gasteiger partial charge >= 0.3 is 0 Å². The Morgan fingerprint density at radius 1 is 1.42 bits per heavy atom. The fourth-order valence-electron chi connectivity index (χ4n) is 1.71. The largest absolute Gasteiger partial charge is 0.493 e. The van der Waals surface area contributed by atoms with Gasteiger partial charge in [0.05, 0.1) is 17.8 Å². The molecule has 0 spiro atoms. The summed E-state index contributed by atoms with van der Waals surface area (Å²) in [7, 11) is 1.58. The molecule has 0 amide bonds. The predicted octanol–water partition coefficient (Wildman–Crippen LogP) is 3.15. The maximum absolute atomic E-state index is 6.00. The molecule has 2 aromatic rings. The van der Waals surface area contributed by atoms with Gasteiger partial charge in [0.25, 0.3) is 0 Å². The van der Waals surface area contributed by atoms with Crippen LogP contribution in [0, 0.1) is 6.92 Å². The van der Waals surface area contributed by atoms with Crippen molar-refractivity contribution in [3.05, 3.63) is 38.8 Å². The van der Waals surface area contributed by atoms with Gasteiger partial charge in [-0.25, -0.2) is 4.98 Å². The van der Waals surface area contributed by atoms with Crippen molar-refractivity contribution in [2.24, 2.45) is 5.73 Å². The molecule has 0 fully saturated rings. The molecule has 0 aliphatic carbocycles. The molecule has 2 rings (SSSR count). The molecule has 0 saturated carbocycles. The number of ether oxygens (including phenoxy) is 2. The van der Waals surface area contributed by atoms with Crippen molar-refractivity contribution in [2.75, 3.05) is 7.11 Å². The van der Waals surface area contributed by atoms with Gasteiger partial charge in [-0.2, -0.15) is 0 Å². The van der Waals surface area contributed by atoms with E-state index in [2.05, 4.69) is 4.98 Å². The van der Waals surface area contributed by atoms with Crippen molar-refractivity contribution in [3.63, 3.8) is 0 Å². The number of nitrogens with zero attached hydrogens (tertiary/aromatic N) is 1. The van der Waals surface area contributed by atoms with Crippen molar-refractivity contribution >= 4 is 22.9 Å². The first-order chi connectivity index (χ1) is 9.13. The molecule has 19 heavy (non-hydrogen) atoms. The lowest BCUT2D eigenvalue weighted by molar-refractivity contribution is 0.278. The molecule has 0 aliphatic rings. The Hall–Kier alpha value is -1.30. The van der Waals surface area contributed by atoms with E-state index in [1.165, 1.54) is 0 Å². The van der Waals surface area contributed by atoms with Crippen molar-refractivity contribution < 1.29 is 9.47 Å². The van der Waals surface area contributed by atoms with Crippen LogP contribution in [0.1, 0.15) is 16.3 Å². The molecule has 0 aliphatic heterocycles. The summed E-state index contributed by atoms with van der Waals surface area (Å²) in [6.07, 6.45) is 0. The van der Waals surface area contributed by atoms with Crippen LogP contribution in [0.3, 0.4) is 0 Å². The summed E-state index contributed by atoms with van der Waals surface area (Å²) in [6.45, 7) is 2.68. The molecule has 0 atom stereocenters. The number of methoxy groups -OCH3 is 1. The van der Waals surface area contributed by atoms with Crippen LogP contribution in [0.15, 0.2) is 17.5 Å². The van der Waals surface area contributed by atoms with E-state index < -0.39 is 0 Å². The van der Waals surface area contributed by atoms with Gasteiger partial charge in [0, 0.05) is 28.6 Å². The van der Waals surface area contributed by atoms with E-state index in [9.17, 15) is 0 Å². The summed E-state index contributed by atoms with van der Waals surface area (Å²) < 4.78 is 11.1. The topological polar surface area (TPSA) is 57.4 Å². The number of rotatable bonds is 5. The number of thiazole rings is 1. The molecular formula is C13H15ClN2O2S. The molecule has 102 valence electrons. The Labute approximate surface area is 121 Å². The number of nitrogens with two attached hydrogens (primary N) is 1. The highest BCUT2D eigenvalue weighted by Crippen LogP contribution is 2.35. The summed E-state index contributed by atoms with van der Waals surface area (Å²) in [4.78, 5) is 4.35. The molecular weight excluding hydrogens is 284 g/mol. The summed E-state index contributed by atoms with van der Waals surface area (Å²) in [5.41, 5.74) is 7.42. The maximum Gasteiger partial charge on any atom is 0.166 e. The molecule has 1 aromatic heterocycles. The molecule has 0 saturated heterocycles. The molecule has 1 heterocycles. The van der Waals surface area contributed by atoms with E-state index in [4.69, 9.17) is 26.8 Å². The molecule has 6 heteroatoms. The van der Waals surface area contributed by atoms with Crippen LogP contribution in [0.5, 0.6) is 11.5 Å². The first-order valence-electron chi connectivity index (χ1n) is 5.74. The standard InChI is InChI=1S/C13H15ClN2O2S/c1-8-16-11(7-19-8)6-18-13-9(5-15)3-10(14)4-12(13)17-2/h3-4,7H,5-6,15H2,1-2H3. The quantitative estimate of drug-likeness (QED) is 0.921. The number of benzene rings is 1. The third-order valence-electron chi connectivity index (χ3n) is 2.57. The Kier molecular flexibility index (Phi) is 4.63. The highest BCUT2D eigenvalue weighted by molar-refractivity contribution is 7.09. The minimum Gasteiger partial charge on any atom is -0.493 e. The van der Waals surface area contributed by atoms with E-state index >= 15 is 0 Å². The summed E-state index contributed by atoms with van der Waals surface area (Å²) >= 11 is 7.59. The Morgan fingerprint density at radius 3 is 2.79 bits per heavy atom. The number of aryl methyl sites for hydroxylation is 1. The minimum absolute atomic E-state index is 0.336. The van der Waals surface area contributed by atoms with Crippen LogP contribution >= 0.6 is 22.9 Å². The van der Waals surface area contributed by atoms with Crippen molar-refractivity contribution in [3.8, 4) is 11.5 Å². The third-order valence-corrected chi connectivity index (χ3v) is 3.61. The fourth-order valence-corrected chi connectivity index (χ4v) is 2.54. The molecule has 4 nitrogen and oxygen atoms in total. The Morgan fingerprint density at radius 2 is 2.21 bits per heavy atom. The zero-order valence-electron chi connectivity index (χ0n) is 10.8. The number of aromatic nitrogens is 1. The smallest absolute Gasteiger partial charge is 0.166 e. The number of hydrogen-bond donors (Lipinski definition) is 1. The lowest BCUT2D eigenvalue weighted by atomic mass is 10.2. The third kappa shape index (κ3) is 3.37. The monoisotopic (exact) mass is 298 g/mol. The second kappa shape index (κ2) is 6.23. The maximum atomic E-state index is 6.00. The van der Waals surface area contributed by atoms with E-state index in [0.29, 0.717) is 29.7 Å². The van der Waals surface area contributed by atoms with Gasteiger partial charge in [-0.15, -0.1) is 11.3 Å². The zero-order valence-corrected chi connectivity index (χ0v) is 12.3. The fraction of sp³-hybridized carbons (Fsp3) is 0.308. The Balaban J connectivity index is 2.23. The summed E-state index contributed by atoms with van der Waals surface area (Å²) in [5, 5.41) is 3.56. The SMILES string of the molecule is COc1cc(Cl)cc(CN)c1OCc1csc(C)n1. The van der Waals surface area contributed by atoms with Crippen LogP contribution in [-0.2, 0) is 13.2 Å². The van der Waals surface area contributed by atoms with Gasteiger partial charge in [-0.3, -0.25) is 0 Å². The lowest BCUT2D eigenvalue weighted by Crippen LogP contribution is -2.05. The second-order valence-corrected chi connectivity index (χ2v) is 5.45. The van der Waals surface area contributed by atoms with Crippen LogP contribution in [-0.4, -0.2) is 12.1 Å². The van der Waals surface area contributed by atoms with E-state index in [-0.39, 0.29) is 0 Å². The molecule has 0 unspecified atom stereocenters. The highest BCUT2D eigenvalue weighted by Gasteiger charge is 2.12. The first-order valence-corrected chi connectivity index (χ1v) is 7.00. The van der Waals surface area contributed by atoms with Crippen LogP contribution < -0.4 is 15.2 Å². The van der Waals surface area contributed by atoms with Gasteiger partial charge in [-0.1, -0.05) is 11.6 Å². The van der Waals surface area contributed by atoms with Gasteiger partial charge in [0.2, 0.25) is 0 Å². The van der Waals surface area contributed by atoms with Crippen LogP contribution in [0.2, 0.25) is 5.02 Å². The van der Waals surface area contributed by atoms with Crippen molar-refractivity contribution in [1.29, 1.82) is 0 Å². The minimum atomic E-state index is 0.336. The van der Waals surface area contributed by atoms with E-state index in [1.807, 2.05) is 12.3 Å². The van der Waals surface area contributed by atoms with Crippen LogP contribution in [0.25, 0.3) is 0 Å². The van der Waals surface area contributed by atoms with Gasteiger partial charge in [0.15, 0.2) is 11.5 Å². The predicted molar refractivity (Wildman–Crippen MR) is 77.1 cm³/mol. The molecule has 1 aromatic carbocycles. The van der Waals surface area contributed by atoms with Gasteiger partial charge in [-0.05, 0) is 13.0 Å².